The third-order valence-electron chi connectivity index (χ3n) is 4.53. The highest BCUT2D eigenvalue weighted by molar-refractivity contribution is 7.12. The summed E-state index contributed by atoms with van der Waals surface area (Å²) in [6, 6.07) is 5.51. The molecule has 138 valence electrons. The molecule has 26 heavy (non-hydrogen) atoms. The van der Waals surface area contributed by atoms with Crippen LogP contribution in [0.3, 0.4) is 0 Å². The van der Waals surface area contributed by atoms with E-state index in [0.717, 1.165) is 14.6 Å². The van der Waals surface area contributed by atoms with E-state index in [2.05, 4.69) is 0 Å². The third-order valence-corrected chi connectivity index (χ3v) is 6.36. The van der Waals surface area contributed by atoms with E-state index in [9.17, 15) is 14.4 Å². The number of carbonyl (C=O) groups is 3. The van der Waals surface area contributed by atoms with E-state index in [1.54, 1.807) is 16.2 Å². The fourth-order valence-electron chi connectivity index (χ4n) is 3.11. The van der Waals surface area contributed by atoms with Crippen LogP contribution in [-0.4, -0.2) is 42.3 Å². The van der Waals surface area contributed by atoms with Crippen LogP contribution in [0, 0.1) is 19.8 Å². The van der Waals surface area contributed by atoms with Gasteiger partial charge in [0.1, 0.15) is 0 Å². The number of Topliss-reactive ketones (excluding diaryl/α,β-unsaturated/α-hetero) is 1. The Morgan fingerprint density at radius 1 is 1.23 bits per heavy atom. The van der Waals surface area contributed by atoms with Gasteiger partial charge in [0.2, 0.25) is 5.78 Å². The monoisotopic (exact) mass is 391 g/mol. The lowest BCUT2D eigenvalue weighted by molar-refractivity contribution is -0.148. The number of amides is 1. The van der Waals surface area contributed by atoms with Gasteiger partial charge in [-0.3, -0.25) is 14.4 Å². The van der Waals surface area contributed by atoms with Gasteiger partial charge in [0, 0.05) is 28.4 Å². The minimum absolute atomic E-state index is 0.0188. The Kier molecular flexibility index (Phi) is 5.88. The predicted molar refractivity (Wildman–Crippen MR) is 102 cm³/mol. The van der Waals surface area contributed by atoms with Gasteiger partial charge in [-0.1, -0.05) is 6.07 Å². The molecule has 1 aliphatic heterocycles. The van der Waals surface area contributed by atoms with E-state index >= 15 is 0 Å². The summed E-state index contributed by atoms with van der Waals surface area (Å²) in [7, 11) is 0. The average Bonchev–Trinajstić information content (AvgIpc) is 3.28. The molecule has 0 saturated carbocycles. The smallest absolute Gasteiger partial charge is 0.309 e. The van der Waals surface area contributed by atoms with Crippen molar-refractivity contribution in [3.8, 4) is 0 Å². The Bertz CT molecular complexity index is 802. The van der Waals surface area contributed by atoms with Crippen LogP contribution in [0.2, 0.25) is 0 Å². The van der Waals surface area contributed by atoms with Crippen molar-refractivity contribution in [2.24, 2.45) is 5.92 Å². The van der Waals surface area contributed by atoms with Crippen LogP contribution in [0.4, 0.5) is 0 Å². The summed E-state index contributed by atoms with van der Waals surface area (Å²) in [4.78, 5) is 41.3. The van der Waals surface area contributed by atoms with E-state index in [0.29, 0.717) is 31.5 Å². The van der Waals surface area contributed by atoms with E-state index in [-0.39, 0.29) is 30.2 Å². The minimum atomic E-state index is -0.342. The Morgan fingerprint density at radius 3 is 2.54 bits per heavy atom. The van der Waals surface area contributed by atoms with Crippen molar-refractivity contribution in [1.82, 2.24) is 4.90 Å². The zero-order valence-electron chi connectivity index (χ0n) is 14.8. The lowest BCUT2D eigenvalue weighted by Gasteiger charge is -2.30. The first-order valence-electron chi connectivity index (χ1n) is 8.55. The number of piperidine rings is 1. The van der Waals surface area contributed by atoms with Crippen LogP contribution in [0.1, 0.15) is 42.6 Å². The Morgan fingerprint density at radius 2 is 1.96 bits per heavy atom. The molecule has 5 nitrogen and oxygen atoms in total. The fourth-order valence-corrected chi connectivity index (χ4v) is 4.75. The quantitative estimate of drug-likeness (QED) is 0.576. The summed E-state index contributed by atoms with van der Waals surface area (Å²) in [5.74, 6) is -0.734. The first kappa shape index (κ1) is 18.8. The highest BCUT2D eigenvalue weighted by atomic mass is 32.1. The van der Waals surface area contributed by atoms with Crippen LogP contribution in [0.5, 0.6) is 0 Å². The normalized spacial score (nSPS) is 15.1. The Hall–Kier alpha value is -1.99. The Balaban J connectivity index is 1.47. The molecule has 0 aliphatic carbocycles. The van der Waals surface area contributed by atoms with Gasteiger partial charge in [0.15, 0.2) is 6.61 Å². The summed E-state index contributed by atoms with van der Waals surface area (Å²) in [6.07, 6.45) is 1.14. The van der Waals surface area contributed by atoms with Gasteiger partial charge in [-0.05, 0) is 44.2 Å². The standard InChI is InChI=1S/C19H21NO4S2/c1-12-10-15(13(2)26-12)16(21)11-24-19(23)14-5-7-20(8-6-14)18(22)17-4-3-9-25-17/h3-4,9-10,14H,5-8,11H2,1-2H3. The molecule has 2 aromatic rings. The SMILES string of the molecule is Cc1cc(C(=O)COC(=O)C2CCN(C(=O)c3cccs3)CC2)c(C)s1. The molecule has 0 N–H and O–H groups in total. The maximum absolute atomic E-state index is 12.3. The highest BCUT2D eigenvalue weighted by Gasteiger charge is 2.29. The fraction of sp³-hybridized carbons (Fsp3) is 0.421. The lowest BCUT2D eigenvalue weighted by atomic mass is 9.97. The maximum Gasteiger partial charge on any atom is 0.309 e. The van der Waals surface area contributed by atoms with Crippen molar-refractivity contribution in [1.29, 1.82) is 0 Å². The van der Waals surface area contributed by atoms with Gasteiger partial charge < -0.3 is 9.64 Å². The van der Waals surface area contributed by atoms with Crippen LogP contribution in [0.25, 0.3) is 0 Å². The van der Waals surface area contributed by atoms with Gasteiger partial charge in [-0.25, -0.2) is 0 Å². The van der Waals surface area contributed by atoms with Crippen molar-refractivity contribution >= 4 is 40.3 Å². The van der Waals surface area contributed by atoms with Gasteiger partial charge in [-0.15, -0.1) is 22.7 Å². The number of thiophene rings is 2. The second-order valence-corrected chi connectivity index (χ2v) is 8.81. The maximum atomic E-state index is 12.3. The number of nitrogens with zero attached hydrogens (tertiary/aromatic N) is 1. The van der Waals surface area contributed by atoms with Gasteiger partial charge in [0.05, 0.1) is 10.8 Å². The molecule has 0 spiro atoms. The molecule has 1 saturated heterocycles. The zero-order chi connectivity index (χ0) is 18.7. The third kappa shape index (κ3) is 4.22. The van der Waals surface area contributed by atoms with E-state index < -0.39 is 0 Å². The molecule has 2 aromatic heterocycles. The molecule has 1 fully saturated rings. The summed E-state index contributed by atoms with van der Waals surface area (Å²) in [6.45, 7) is 4.70. The topological polar surface area (TPSA) is 63.7 Å². The zero-order valence-corrected chi connectivity index (χ0v) is 16.5. The first-order chi connectivity index (χ1) is 12.5. The highest BCUT2D eigenvalue weighted by Crippen LogP contribution is 2.23. The predicted octanol–water partition coefficient (Wildman–Crippen LogP) is 3.70. The molecule has 0 unspecified atom stereocenters. The number of rotatable bonds is 5. The molecular formula is C19H21NO4S2. The number of hydrogen-bond acceptors (Lipinski definition) is 6. The molecule has 0 aromatic carbocycles. The van der Waals surface area contributed by atoms with Crippen LogP contribution in [0.15, 0.2) is 23.6 Å². The number of carbonyl (C=O) groups excluding carboxylic acids is 3. The minimum Gasteiger partial charge on any atom is -0.457 e. The molecular weight excluding hydrogens is 370 g/mol. The van der Waals surface area contributed by atoms with Crippen molar-refractivity contribution in [2.75, 3.05) is 19.7 Å². The number of likely N-dealkylation sites (tertiary alicyclic amines) is 1. The van der Waals surface area contributed by atoms with Gasteiger partial charge >= 0.3 is 5.97 Å². The van der Waals surface area contributed by atoms with E-state index in [1.807, 2.05) is 37.4 Å². The van der Waals surface area contributed by atoms with Gasteiger partial charge in [0.25, 0.3) is 5.91 Å². The number of hydrogen-bond donors (Lipinski definition) is 0. The molecule has 7 heteroatoms. The van der Waals surface area contributed by atoms with E-state index in [1.165, 1.54) is 11.3 Å². The largest absolute Gasteiger partial charge is 0.457 e. The van der Waals surface area contributed by atoms with Crippen molar-refractivity contribution in [3.63, 3.8) is 0 Å². The summed E-state index contributed by atoms with van der Waals surface area (Å²) < 4.78 is 5.24. The summed E-state index contributed by atoms with van der Waals surface area (Å²) in [5.41, 5.74) is 0.636. The number of ether oxygens (including phenoxy) is 1. The van der Waals surface area contributed by atoms with Crippen molar-refractivity contribution in [3.05, 3.63) is 43.8 Å². The second kappa shape index (κ2) is 8.14. The first-order valence-corrected chi connectivity index (χ1v) is 10.2. The van der Waals surface area contributed by atoms with Crippen LogP contribution >= 0.6 is 22.7 Å². The molecule has 0 atom stereocenters. The van der Waals surface area contributed by atoms with Gasteiger partial charge in [-0.2, -0.15) is 0 Å². The number of ketones is 1. The molecule has 1 amide bonds. The summed E-state index contributed by atoms with van der Waals surface area (Å²) >= 11 is 2.99. The molecule has 1 aliphatic rings. The second-order valence-electron chi connectivity index (χ2n) is 6.40. The number of esters is 1. The molecule has 0 radical (unpaired) electrons. The lowest BCUT2D eigenvalue weighted by Crippen LogP contribution is -2.40. The van der Waals surface area contributed by atoms with E-state index in [4.69, 9.17) is 4.74 Å². The van der Waals surface area contributed by atoms with Crippen LogP contribution < -0.4 is 0 Å². The average molecular weight is 392 g/mol. The van der Waals surface area contributed by atoms with Crippen LogP contribution in [-0.2, 0) is 9.53 Å². The molecule has 0 bridgehead atoms. The molecule has 3 heterocycles. The van der Waals surface area contributed by atoms with Crippen molar-refractivity contribution in [2.45, 2.75) is 26.7 Å². The molecule has 3 rings (SSSR count). The Labute approximate surface area is 160 Å². The van der Waals surface area contributed by atoms with Crippen molar-refractivity contribution < 1.29 is 19.1 Å². The number of aryl methyl sites for hydroxylation is 2. The summed E-state index contributed by atoms with van der Waals surface area (Å²) in [5, 5.41) is 1.88.